The van der Waals surface area contributed by atoms with Crippen molar-refractivity contribution < 1.29 is 24.1 Å². The number of imidazole rings is 1. The zero-order chi connectivity index (χ0) is 12.9. The first-order chi connectivity index (χ1) is 7.92. The van der Waals surface area contributed by atoms with Gasteiger partial charge in [-0.1, -0.05) is 0 Å². The van der Waals surface area contributed by atoms with E-state index in [1.165, 1.54) is 6.33 Å². The van der Waals surface area contributed by atoms with Crippen LogP contribution in [0, 0.1) is 0 Å². The van der Waals surface area contributed by atoms with Gasteiger partial charge in [0.2, 0.25) is 0 Å². The van der Waals surface area contributed by atoms with Crippen LogP contribution in [0.25, 0.3) is 0 Å². The summed E-state index contributed by atoms with van der Waals surface area (Å²) >= 11 is 0. The van der Waals surface area contributed by atoms with Crippen LogP contribution in [0.1, 0.15) is 19.0 Å². The number of hydroxylamine groups is 1. The Hall–Kier alpha value is -0.890. The zero-order valence-electron chi connectivity index (χ0n) is 9.25. The van der Waals surface area contributed by atoms with Crippen molar-refractivity contribution in [2.24, 2.45) is 0 Å². The SMILES string of the molecule is CCC(=O)[C@H](Cc1c[nH]cn1)NO[PH](O)(O)O. The second-order valence-corrected chi connectivity index (χ2v) is 4.78. The Labute approximate surface area is 98.3 Å². The Balaban J connectivity index is 2.58. The van der Waals surface area contributed by atoms with E-state index in [4.69, 9.17) is 14.7 Å². The van der Waals surface area contributed by atoms with Crippen LogP contribution in [-0.2, 0) is 15.8 Å². The first-order valence-corrected chi connectivity index (χ1v) is 6.78. The van der Waals surface area contributed by atoms with Gasteiger partial charge in [0.15, 0.2) is 0 Å². The summed E-state index contributed by atoms with van der Waals surface area (Å²) in [5.41, 5.74) is 2.78. The fourth-order valence-corrected chi connectivity index (χ4v) is 1.53. The maximum atomic E-state index is 11.5. The van der Waals surface area contributed by atoms with E-state index in [9.17, 15) is 4.79 Å². The molecule has 1 aromatic heterocycles. The van der Waals surface area contributed by atoms with Crippen LogP contribution in [-0.4, -0.2) is 36.5 Å². The molecule has 0 radical (unpaired) electrons. The quantitative estimate of drug-likeness (QED) is 0.323. The summed E-state index contributed by atoms with van der Waals surface area (Å²) in [4.78, 5) is 44.3. The van der Waals surface area contributed by atoms with Gasteiger partial charge in [-0.15, -0.1) is 0 Å². The predicted octanol–water partition coefficient (Wildman–Crippen LogP) is -0.792. The van der Waals surface area contributed by atoms with E-state index in [0.717, 1.165) is 0 Å². The van der Waals surface area contributed by atoms with Gasteiger partial charge < -0.3 is 0 Å². The molecule has 0 aliphatic carbocycles. The molecule has 0 aromatic carbocycles. The number of nitrogens with zero attached hydrogens (tertiary/aromatic N) is 1. The first kappa shape index (κ1) is 14.2. The molecule has 5 N–H and O–H groups in total. The van der Waals surface area contributed by atoms with E-state index in [1.807, 2.05) is 0 Å². The van der Waals surface area contributed by atoms with Crippen molar-refractivity contribution in [3.8, 4) is 0 Å². The third-order valence-electron chi connectivity index (χ3n) is 2.04. The first-order valence-electron chi connectivity index (χ1n) is 5.03. The molecule has 17 heavy (non-hydrogen) atoms. The van der Waals surface area contributed by atoms with Gasteiger partial charge >= 0.3 is 97.5 Å². The molecule has 98 valence electrons. The second-order valence-electron chi connectivity index (χ2n) is 3.43. The Morgan fingerprint density at radius 2 is 2.35 bits per heavy atom. The normalized spacial score (nSPS) is 14.6. The van der Waals surface area contributed by atoms with E-state index in [-0.39, 0.29) is 18.6 Å². The predicted molar refractivity (Wildman–Crippen MR) is 60.6 cm³/mol. The molecule has 1 atom stereocenters. The van der Waals surface area contributed by atoms with Gasteiger partial charge in [0.05, 0.1) is 0 Å². The third-order valence-corrected chi connectivity index (χ3v) is 2.44. The monoisotopic (exact) mass is 265 g/mol. The molecular formula is C8H16N3O5P. The Morgan fingerprint density at radius 1 is 1.65 bits per heavy atom. The molecule has 0 aliphatic heterocycles. The molecule has 1 heterocycles. The van der Waals surface area contributed by atoms with Crippen LogP contribution in [0.3, 0.4) is 0 Å². The number of rotatable bonds is 7. The molecule has 9 heteroatoms. The Bertz CT molecular complexity index is 351. The van der Waals surface area contributed by atoms with Gasteiger partial charge in [-0.3, -0.25) is 0 Å². The number of nitrogens with one attached hydrogen (secondary N) is 2. The average Bonchev–Trinajstić information content (AvgIpc) is 2.74. The Morgan fingerprint density at radius 3 is 2.82 bits per heavy atom. The summed E-state index contributed by atoms with van der Waals surface area (Å²) in [6, 6.07) is -0.790. The van der Waals surface area contributed by atoms with Crippen LogP contribution in [0.2, 0.25) is 0 Å². The summed E-state index contributed by atoms with van der Waals surface area (Å²) in [7, 11) is -4.67. The van der Waals surface area contributed by atoms with Gasteiger partial charge in [-0.2, -0.15) is 0 Å². The molecule has 1 aromatic rings. The summed E-state index contributed by atoms with van der Waals surface area (Å²) in [6.45, 7) is 1.67. The number of hydrogen-bond donors (Lipinski definition) is 5. The minimum atomic E-state index is -4.67. The Kier molecular flexibility index (Phi) is 5.13. The minimum absolute atomic E-state index is 0.189. The fourth-order valence-electron chi connectivity index (χ4n) is 1.23. The second kappa shape index (κ2) is 6.15. The zero-order valence-corrected chi connectivity index (χ0v) is 10.3. The molecule has 0 saturated carbocycles. The van der Waals surface area contributed by atoms with Crippen molar-refractivity contribution in [3.63, 3.8) is 0 Å². The number of carbonyl (C=O) groups excluding carboxylic acids is 1. The number of Topliss-reactive ketones (excluding diaryl/α,β-unsaturated/α-hetero) is 1. The number of aromatic nitrogens is 2. The number of aromatic amines is 1. The van der Waals surface area contributed by atoms with Crippen LogP contribution in [0.5, 0.6) is 0 Å². The summed E-state index contributed by atoms with van der Waals surface area (Å²) < 4.78 is 4.26. The standard InChI is InChI=1S/C8H16N3O5P/c1-2-8(12)7(11-16-17(13,14)15)3-6-4-9-5-10-6/h4-5,7,11,13-15,17H,2-3H2,1H3,(H,9,10)/t7-/m0/s1. The van der Waals surface area contributed by atoms with Crippen molar-refractivity contribution in [1.29, 1.82) is 0 Å². The molecule has 0 amide bonds. The van der Waals surface area contributed by atoms with E-state index in [1.54, 1.807) is 13.1 Å². The van der Waals surface area contributed by atoms with Crippen molar-refractivity contribution >= 4 is 14.0 Å². The van der Waals surface area contributed by atoms with Gasteiger partial charge in [0.25, 0.3) is 0 Å². The van der Waals surface area contributed by atoms with E-state index < -0.39 is 14.2 Å². The summed E-state index contributed by atoms with van der Waals surface area (Å²) in [5, 5.41) is 0. The molecule has 0 bridgehead atoms. The van der Waals surface area contributed by atoms with Crippen molar-refractivity contribution in [2.75, 3.05) is 0 Å². The summed E-state index contributed by atoms with van der Waals surface area (Å²) in [5.74, 6) is -0.189. The van der Waals surface area contributed by atoms with Gasteiger partial charge in [-0.05, 0) is 0 Å². The van der Waals surface area contributed by atoms with Gasteiger partial charge in [0.1, 0.15) is 0 Å². The molecule has 8 nitrogen and oxygen atoms in total. The van der Waals surface area contributed by atoms with Crippen LogP contribution < -0.4 is 5.48 Å². The molecule has 0 fully saturated rings. The molecule has 0 unspecified atom stereocenters. The molecule has 1 rings (SSSR count). The molecule has 0 aliphatic rings. The average molecular weight is 265 g/mol. The number of H-pyrrole nitrogens is 1. The fraction of sp³-hybridized carbons (Fsp3) is 0.500. The van der Waals surface area contributed by atoms with E-state index in [2.05, 4.69) is 20.1 Å². The van der Waals surface area contributed by atoms with Crippen LogP contribution in [0.4, 0.5) is 0 Å². The van der Waals surface area contributed by atoms with Crippen LogP contribution >= 0.6 is 8.17 Å². The topological polar surface area (TPSA) is 128 Å². The van der Waals surface area contributed by atoms with Crippen molar-refractivity contribution in [2.45, 2.75) is 25.8 Å². The van der Waals surface area contributed by atoms with E-state index in [0.29, 0.717) is 5.69 Å². The third kappa shape index (κ3) is 5.31. The van der Waals surface area contributed by atoms with E-state index >= 15 is 0 Å². The molecular weight excluding hydrogens is 249 g/mol. The van der Waals surface area contributed by atoms with Crippen molar-refractivity contribution in [1.82, 2.24) is 15.4 Å². The number of carbonyl (C=O) groups is 1. The molecule has 0 spiro atoms. The maximum absolute atomic E-state index is 11.5. The van der Waals surface area contributed by atoms with Crippen LogP contribution in [0.15, 0.2) is 12.5 Å². The van der Waals surface area contributed by atoms with Crippen molar-refractivity contribution in [3.05, 3.63) is 18.2 Å². The van der Waals surface area contributed by atoms with Gasteiger partial charge in [0, 0.05) is 0 Å². The number of hydrogen-bond acceptors (Lipinski definition) is 7. The number of ketones is 1. The van der Waals surface area contributed by atoms with Gasteiger partial charge in [-0.25, -0.2) is 0 Å². The molecule has 0 saturated heterocycles. The summed E-state index contributed by atoms with van der Waals surface area (Å²) in [6.07, 6.45) is 3.55.